The van der Waals surface area contributed by atoms with Crippen LogP contribution in [0.3, 0.4) is 0 Å². The van der Waals surface area contributed by atoms with Crippen molar-refractivity contribution in [1.29, 1.82) is 0 Å². The van der Waals surface area contributed by atoms with Crippen LogP contribution in [0.25, 0.3) is 0 Å². The van der Waals surface area contributed by atoms with Crippen molar-refractivity contribution in [2.45, 2.75) is 45.4 Å². The molecule has 3 unspecified atom stereocenters. The van der Waals surface area contributed by atoms with Gasteiger partial charge in [0.05, 0.1) is 11.8 Å². The molecule has 1 amide bonds. The SMILES string of the molecule is CC(CO)CCCNC(=O)C1CCCCC1C(=O)O. The Morgan fingerprint density at radius 2 is 1.89 bits per heavy atom. The summed E-state index contributed by atoms with van der Waals surface area (Å²) in [4.78, 5) is 23.1. The molecule has 110 valence electrons. The van der Waals surface area contributed by atoms with E-state index in [-0.39, 0.29) is 24.3 Å². The minimum Gasteiger partial charge on any atom is -0.481 e. The highest BCUT2D eigenvalue weighted by Gasteiger charge is 2.35. The van der Waals surface area contributed by atoms with Gasteiger partial charge in [-0.2, -0.15) is 0 Å². The van der Waals surface area contributed by atoms with Crippen molar-refractivity contribution in [3.05, 3.63) is 0 Å². The Kier molecular flexibility index (Phi) is 6.84. The van der Waals surface area contributed by atoms with E-state index in [2.05, 4.69) is 5.32 Å². The van der Waals surface area contributed by atoms with E-state index in [1.54, 1.807) is 0 Å². The van der Waals surface area contributed by atoms with Gasteiger partial charge in [0.25, 0.3) is 0 Å². The first-order valence-corrected chi connectivity index (χ1v) is 7.17. The molecule has 0 saturated heterocycles. The molecule has 0 aromatic rings. The Balaban J connectivity index is 2.32. The summed E-state index contributed by atoms with van der Waals surface area (Å²) >= 11 is 0. The van der Waals surface area contributed by atoms with Crippen molar-refractivity contribution < 1.29 is 19.8 Å². The number of aliphatic hydroxyl groups is 1. The highest BCUT2D eigenvalue weighted by molar-refractivity contribution is 5.84. The van der Waals surface area contributed by atoms with E-state index in [9.17, 15) is 9.59 Å². The van der Waals surface area contributed by atoms with Gasteiger partial charge in [0.1, 0.15) is 0 Å². The van der Waals surface area contributed by atoms with E-state index in [4.69, 9.17) is 10.2 Å². The Labute approximate surface area is 114 Å². The van der Waals surface area contributed by atoms with Crippen molar-refractivity contribution >= 4 is 11.9 Å². The maximum atomic E-state index is 12.0. The molecule has 5 heteroatoms. The number of rotatable bonds is 7. The maximum absolute atomic E-state index is 12.0. The van der Waals surface area contributed by atoms with Crippen LogP contribution in [0.15, 0.2) is 0 Å². The number of hydrogen-bond acceptors (Lipinski definition) is 3. The second-order valence-corrected chi connectivity index (χ2v) is 5.56. The number of aliphatic hydroxyl groups excluding tert-OH is 1. The third-order valence-corrected chi connectivity index (χ3v) is 3.90. The molecule has 0 bridgehead atoms. The number of nitrogens with one attached hydrogen (secondary N) is 1. The first-order chi connectivity index (χ1) is 9.06. The van der Waals surface area contributed by atoms with E-state index in [1.807, 2.05) is 6.92 Å². The van der Waals surface area contributed by atoms with E-state index < -0.39 is 11.9 Å². The highest BCUT2D eigenvalue weighted by atomic mass is 16.4. The zero-order valence-corrected chi connectivity index (χ0v) is 11.6. The topological polar surface area (TPSA) is 86.6 Å². The van der Waals surface area contributed by atoms with E-state index in [0.717, 1.165) is 25.7 Å². The smallest absolute Gasteiger partial charge is 0.307 e. The lowest BCUT2D eigenvalue weighted by atomic mass is 9.78. The molecule has 19 heavy (non-hydrogen) atoms. The molecular weight excluding hydrogens is 246 g/mol. The van der Waals surface area contributed by atoms with Gasteiger partial charge in [-0.05, 0) is 31.6 Å². The summed E-state index contributed by atoms with van der Waals surface area (Å²) in [5.74, 6) is -1.62. The molecule has 0 aromatic carbocycles. The molecule has 0 radical (unpaired) electrons. The fraction of sp³-hybridized carbons (Fsp3) is 0.857. The van der Waals surface area contributed by atoms with Crippen LogP contribution in [0, 0.1) is 17.8 Å². The van der Waals surface area contributed by atoms with Crippen LogP contribution >= 0.6 is 0 Å². The molecule has 5 nitrogen and oxygen atoms in total. The maximum Gasteiger partial charge on any atom is 0.307 e. The third-order valence-electron chi connectivity index (χ3n) is 3.90. The van der Waals surface area contributed by atoms with Crippen molar-refractivity contribution in [2.75, 3.05) is 13.2 Å². The van der Waals surface area contributed by atoms with Gasteiger partial charge in [-0.25, -0.2) is 0 Å². The van der Waals surface area contributed by atoms with Crippen molar-refractivity contribution in [3.8, 4) is 0 Å². The number of amides is 1. The summed E-state index contributed by atoms with van der Waals surface area (Å²) in [6.07, 6.45) is 4.80. The quantitative estimate of drug-likeness (QED) is 0.611. The van der Waals surface area contributed by atoms with Gasteiger partial charge in [-0.1, -0.05) is 19.8 Å². The molecule has 3 atom stereocenters. The summed E-state index contributed by atoms with van der Waals surface area (Å²) in [7, 11) is 0. The second-order valence-electron chi connectivity index (χ2n) is 5.56. The standard InChI is InChI=1S/C14H25NO4/c1-10(9-16)5-4-8-15-13(17)11-6-2-3-7-12(11)14(18)19/h10-12,16H,2-9H2,1H3,(H,15,17)(H,18,19). The number of carboxylic acids is 1. The minimum absolute atomic E-state index is 0.122. The molecule has 1 aliphatic rings. The van der Waals surface area contributed by atoms with E-state index >= 15 is 0 Å². The number of aliphatic carboxylic acids is 1. The average Bonchev–Trinajstić information content (AvgIpc) is 2.42. The highest BCUT2D eigenvalue weighted by Crippen LogP contribution is 2.30. The predicted octanol–water partition coefficient (Wildman–Crippen LogP) is 1.40. The molecule has 0 aliphatic heterocycles. The third kappa shape index (κ3) is 5.19. The van der Waals surface area contributed by atoms with Crippen LogP contribution in [-0.4, -0.2) is 35.2 Å². The second kappa shape index (κ2) is 8.15. The molecule has 1 saturated carbocycles. The molecule has 3 N–H and O–H groups in total. The van der Waals surface area contributed by atoms with Crippen LogP contribution in [0.2, 0.25) is 0 Å². The minimum atomic E-state index is -0.853. The van der Waals surface area contributed by atoms with Gasteiger partial charge >= 0.3 is 5.97 Å². The van der Waals surface area contributed by atoms with Gasteiger partial charge in [0, 0.05) is 13.2 Å². The summed E-state index contributed by atoms with van der Waals surface area (Å²) in [5.41, 5.74) is 0. The Morgan fingerprint density at radius 3 is 2.47 bits per heavy atom. The monoisotopic (exact) mass is 271 g/mol. The predicted molar refractivity (Wildman–Crippen MR) is 71.6 cm³/mol. The molecule has 1 rings (SSSR count). The number of hydrogen-bond donors (Lipinski definition) is 3. The van der Waals surface area contributed by atoms with E-state index in [0.29, 0.717) is 19.4 Å². The summed E-state index contributed by atoms with van der Waals surface area (Å²) in [5, 5.41) is 20.8. The first-order valence-electron chi connectivity index (χ1n) is 7.17. The summed E-state index contributed by atoms with van der Waals surface area (Å²) < 4.78 is 0. The van der Waals surface area contributed by atoms with Crippen LogP contribution in [0.5, 0.6) is 0 Å². The molecule has 1 aliphatic carbocycles. The van der Waals surface area contributed by atoms with Gasteiger partial charge in [-0.15, -0.1) is 0 Å². The zero-order chi connectivity index (χ0) is 14.3. The zero-order valence-electron chi connectivity index (χ0n) is 11.6. The Morgan fingerprint density at radius 1 is 1.26 bits per heavy atom. The van der Waals surface area contributed by atoms with Crippen molar-refractivity contribution in [3.63, 3.8) is 0 Å². The van der Waals surface area contributed by atoms with Crippen LogP contribution in [0.1, 0.15) is 45.4 Å². The molecule has 0 heterocycles. The van der Waals surface area contributed by atoms with Gasteiger partial charge in [-0.3, -0.25) is 9.59 Å². The fourth-order valence-corrected chi connectivity index (χ4v) is 2.62. The lowest BCUT2D eigenvalue weighted by Crippen LogP contribution is -2.40. The van der Waals surface area contributed by atoms with Crippen LogP contribution in [-0.2, 0) is 9.59 Å². The lowest BCUT2D eigenvalue weighted by molar-refractivity contribution is -0.148. The number of carboxylic acid groups (broad SMARTS) is 1. The summed E-state index contributed by atoms with van der Waals surface area (Å²) in [6, 6.07) is 0. The van der Waals surface area contributed by atoms with Crippen LogP contribution in [0.4, 0.5) is 0 Å². The fourth-order valence-electron chi connectivity index (χ4n) is 2.62. The summed E-state index contributed by atoms with van der Waals surface area (Å²) in [6.45, 7) is 2.69. The Bertz CT molecular complexity index is 306. The lowest BCUT2D eigenvalue weighted by Gasteiger charge is -2.27. The first kappa shape index (κ1) is 16.0. The molecular formula is C14H25NO4. The van der Waals surface area contributed by atoms with Crippen molar-refractivity contribution in [1.82, 2.24) is 5.32 Å². The largest absolute Gasteiger partial charge is 0.481 e. The van der Waals surface area contributed by atoms with Crippen LogP contribution < -0.4 is 5.32 Å². The average molecular weight is 271 g/mol. The van der Waals surface area contributed by atoms with Crippen molar-refractivity contribution in [2.24, 2.45) is 17.8 Å². The molecule has 0 spiro atoms. The molecule has 0 aromatic heterocycles. The Hall–Kier alpha value is -1.10. The van der Waals surface area contributed by atoms with Gasteiger partial charge in [0.2, 0.25) is 5.91 Å². The van der Waals surface area contributed by atoms with E-state index in [1.165, 1.54) is 0 Å². The number of carbonyl (C=O) groups is 2. The molecule has 1 fully saturated rings. The van der Waals surface area contributed by atoms with Gasteiger partial charge in [0.15, 0.2) is 0 Å². The van der Waals surface area contributed by atoms with Gasteiger partial charge < -0.3 is 15.5 Å². The normalized spacial score (nSPS) is 24.7. The number of carbonyl (C=O) groups excluding carboxylic acids is 1.